The molecule has 4 heteroatoms. The van der Waals surface area contributed by atoms with Crippen LogP contribution in [0.2, 0.25) is 0 Å². The van der Waals surface area contributed by atoms with Crippen LogP contribution >= 0.6 is 0 Å². The van der Waals surface area contributed by atoms with Crippen LogP contribution in [-0.4, -0.2) is 26.2 Å². The predicted octanol–water partition coefficient (Wildman–Crippen LogP) is 2.13. The summed E-state index contributed by atoms with van der Waals surface area (Å²) in [5, 5.41) is 3.35. The summed E-state index contributed by atoms with van der Waals surface area (Å²) in [5.74, 6) is 0.662. The van der Waals surface area contributed by atoms with Gasteiger partial charge in [-0.3, -0.25) is 4.79 Å². The summed E-state index contributed by atoms with van der Waals surface area (Å²) >= 11 is 0. The third-order valence-electron chi connectivity index (χ3n) is 2.86. The first-order chi connectivity index (χ1) is 8.69. The first-order valence-electron chi connectivity index (χ1n) is 6.12. The zero-order chi connectivity index (χ0) is 13.4. The van der Waals surface area contributed by atoms with Crippen LogP contribution in [-0.2, 0) is 16.1 Å². The lowest BCUT2D eigenvalue weighted by Crippen LogP contribution is -2.30. The first-order valence-corrected chi connectivity index (χ1v) is 6.12. The van der Waals surface area contributed by atoms with Crippen molar-refractivity contribution in [3.63, 3.8) is 0 Å². The number of benzene rings is 1. The van der Waals surface area contributed by atoms with Gasteiger partial charge >= 0.3 is 5.97 Å². The van der Waals surface area contributed by atoms with E-state index in [1.807, 2.05) is 31.2 Å². The van der Waals surface area contributed by atoms with Crippen LogP contribution in [0.15, 0.2) is 24.3 Å². The van der Waals surface area contributed by atoms with Crippen molar-refractivity contribution < 1.29 is 14.3 Å². The van der Waals surface area contributed by atoms with Gasteiger partial charge < -0.3 is 14.8 Å². The van der Waals surface area contributed by atoms with Crippen LogP contribution in [0.3, 0.4) is 0 Å². The van der Waals surface area contributed by atoms with Crippen LogP contribution in [0.5, 0.6) is 5.75 Å². The van der Waals surface area contributed by atoms with E-state index in [1.165, 1.54) is 7.11 Å². The van der Waals surface area contributed by atoms with E-state index in [2.05, 4.69) is 10.1 Å². The molecule has 1 aromatic carbocycles. The van der Waals surface area contributed by atoms with Crippen LogP contribution in [0.1, 0.15) is 25.3 Å². The maximum Gasteiger partial charge on any atom is 0.307 e. The van der Waals surface area contributed by atoms with Crippen molar-refractivity contribution in [1.29, 1.82) is 0 Å². The highest BCUT2D eigenvalue weighted by Gasteiger charge is 2.11. The third kappa shape index (κ3) is 4.75. The minimum absolute atomic E-state index is 0.142. The van der Waals surface area contributed by atoms with Gasteiger partial charge in [-0.15, -0.1) is 0 Å². The Labute approximate surface area is 108 Å². The van der Waals surface area contributed by atoms with Crippen molar-refractivity contribution in [1.82, 2.24) is 5.32 Å². The molecule has 0 aromatic heterocycles. The molecule has 0 radical (unpaired) electrons. The Balaban J connectivity index is 2.48. The molecule has 0 bridgehead atoms. The van der Waals surface area contributed by atoms with Crippen molar-refractivity contribution >= 4 is 5.97 Å². The molecule has 0 saturated heterocycles. The Morgan fingerprint density at radius 2 is 2.17 bits per heavy atom. The molecule has 0 aliphatic rings. The van der Waals surface area contributed by atoms with Gasteiger partial charge in [0.1, 0.15) is 5.75 Å². The van der Waals surface area contributed by atoms with Crippen molar-refractivity contribution in [3.8, 4) is 5.75 Å². The van der Waals surface area contributed by atoms with E-state index in [0.29, 0.717) is 13.0 Å². The van der Waals surface area contributed by atoms with Gasteiger partial charge in [-0.1, -0.05) is 19.1 Å². The van der Waals surface area contributed by atoms with Crippen LogP contribution in [0.25, 0.3) is 0 Å². The fourth-order valence-corrected chi connectivity index (χ4v) is 1.69. The predicted molar refractivity (Wildman–Crippen MR) is 70.5 cm³/mol. The number of hydrogen-bond acceptors (Lipinski definition) is 4. The molecule has 4 nitrogen and oxygen atoms in total. The highest BCUT2D eigenvalue weighted by molar-refractivity contribution is 5.69. The Morgan fingerprint density at radius 3 is 2.78 bits per heavy atom. The van der Waals surface area contributed by atoms with Gasteiger partial charge in [0.05, 0.1) is 20.6 Å². The molecule has 0 aliphatic heterocycles. The number of carbonyl (C=O) groups excluding carboxylic acids is 1. The Bertz CT molecular complexity index is 379. The molecule has 1 unspecified atom stereocenters. The van der Waals surface area contributed by atoms with Crippen molar-refractivity contribution in [2.45, 2.75) is 32.4 Å². The Hall–Kier alpha value is -1.55. The quantitative estimate of drug-likeness (QED) is 0.754. The number of carbonyl (C=O) groups is 1. The van der Waals surface area contributed by atoms with Crippen molar-refractivity contribution in [2.75, 3.05) is 14.2 Å². The molecular formula is C14H21NO3. The van der Waals surface area contributed by atoms with E-state index in [4.69, 9.17) is 4.74 Å². The highest BCUT2D eigenvalue weighted by Crippen LogP contribution is 2.12. The van der Waals surface area contributed by atoms with Gasteiger partial charge in [-0.2, -0.15) is 0 Å². The average Bonchev–Trinajstić information content (AvgIpc) is 2.43. The van der Waals surface area contributed by atoms with Gasteiger partial charge in [0, 0.05) is 12.6 Å². The van der Waals surface area contributed by atoms with E-state index in [1.54, 1.807) is 7.11 Å². The number of esters is 1. The zero-order valence-electron chi connectivity index (χ0n) is 11.2. The topological polar surface area (TPSA) is 47.6 Å². The molecule has 0 aliphatic carbocycles. The monoisotopic (exact) mass is 251 g/mol. The second-order valence-corrected chi connectivity index (χ2v) is 4.12. The molecular weight excluding hydrogens is 230 g/mol. The van der Waals surface area contributed by atoms with E-state index in [9.17, 15) is 4.79 Å². The molecule has 100 valence electrons. The number of nitrogens with one attached hydrogen (secondary N) is 1. The molecule has 1 rings (SSSR count). The van der Waals surface area contributed by atoms with Crippen LogP contribution in [0.4, 0.5) is 0 Å². The smallest absolute Gasteiger partial charge is 0.307 e. The van der Waals surface area contributed by atoms with E-state index < -0.39 is 0 Å². The lowest BCUT2D eigenvalue weighted by molar-refractivity contribution is -0.141. The molecule has 0 heterocycles. The van der Waals surface area contributed by atoms with Gasteiger partial charge in [0.25, 0.3) is 0 Å². The second-order valence-electron chi connectivity index (χ2n) is 4.12. The Morgan fingerprint density at radius 1 is 1.39 bits per heavy atom. The van der Waals surface area contributed by atoms with Gasteiger partial charge in [-0.25, -0.2) is 0 Å². The minimum Gasteiger partial charge on any atom is -0.497 e. The molecule has 18 heavy (non-hydrogen) atoms. The van der Waals surface area contributed by atoms with Crippen LogP contribution in [0, 0.1) is 0 Å². The maximum atomic E-state index is 11.2. The number of rotatable bonds is 7. The fraction of sp³-hybridized carbons (Fsp3) is 0.500. The summed E-state index contributed by atoms with van der Waals surface area (Å²) in [6.45, 7) is 2.76. The number of ether oxygens (including phenoxy) is 2. The average molecular weight is 251 g/mol. The first kappa shape index (κ1) is 14.5. The lowest BCUT2D eigenvalue weighted by atomic mass is 10.1. The second kappa shape index (κ2) is 7.71. The normalized spacial score (nSPS) is 11.9. The van der Waals surface area contributed by atoms with E-state index >= 15 is 0 Å². The van der Waals surface area contributed by atoms with Gasteiger partial charge in [0.15, 0.2) is 0 Å². The molecule has 1 aromatic rings. The lowest BCUT2D eigenvalue weighted by Gasteiger charge is -2.15. The molecule has 0 saturated carbocycles. The van der Waals surface area contributed by atoms with E-state index in [-0.39, 0.29) is 12.0 Å². The Kier molecular flexibility index (Phi) is 6.22. The zero-order valence-corrected chi connectivity index (χ0v) is 11.2. The largest absolute Gasteiger partial charge is 0.497 e. The standard InChI is InChI=1S/C14H21NO3/c1-4-12(9-14(16)18-3)15-10-11-6-5-7-13(8-11)17-2/h5-8,12,15H,4,9-10H2,1-3H3. The highest BCUT2D eigenvalue weighted by atomic mass is 16.5. The molecule has 0 amide bonds. The van der Waals surface area contributed by atoms with Gasteiger partial charge in [0.2, 0.25) is 0 Å². The van der Waals surface area contributed by atoms with Crippen molar-refractivity contribution in [3.05, 3.63) is 29.8 Å². The fourth-order valence-electron chi connectivity index (χ4n) is 1.69. The summed E-state index contributed by atoms with van der Waals surface area (Å²) in [4.78, 5) is 11.2. The summed E-state index contributed by atoms with van der Waals surface area (Å²) < 4.78 is 9.84. The minimum atomic E-state index is -0.181. The van der Waals surface area contributed by atoms with E-state index in [0.717, 1.165) is 17.7 Å². The molecule has 0 fully saturated rings. The molecule has 0 spiro atoms. The summed E-state index contributed by atoms with van der Waals surface area (Å²) in [6.07, 6.45) is 1.29. The third-order valence-corrected chi connectivity index (χ3v) is 2.86. The molecule has 1 atom stereocenters. The molecule has 1 N–H and O–H groups in total. The number of hydrogen-bond donors (Lipinski definition) is 1. The summed E-state index contributed by atoms with van der Waals surface area (Å²) in [6, 6.07) is 8.02. The van der Waals surface area contributed by atoms with Gasteiger partial charge in [-0.05, 0) is 24.1 Å². The van der Waals surface area contributed by atoms with Crippen molar-refractivity contribution in [2.24, 2.45) is 0 Å². The summed E-state index contributed by atoms with van der Waals surface area (Å²) in [7, 11) is 3.07. The number of methoxy groups -OCH3 is 2. The maximum absolute atomic E-state index is 11.2. The summed E-state index contributed by atoms with van der Waals surface area (Å²) in [5.41, 5.74) is 1.14. The SMILES string of the molecule is CCC(CC(=O)OC)NCc1cccc(OC)c1. The van der Waals surface area contributed by atoms with Crippen LogP contribution < -0.4 is 10.1 Å².